The van der Waals surface area contributed by atoms with Gasteiger partial charge in [0, 0.05) is 0 Å². The number of hydrogen-bond acceptors (Lipinski definition) is 0. The summed E-state index contributed by atoms with van der Waals surface area (Å²) in [7, 11) is 13.4. The first-order valence-electron chi connectivity index (χ1n) is 10.3. The molecule has 28 heavy (non-hydrogen) atoms. The average Bonchev–Trinajstić information content (AvgIpc) is 3.02. The van der Waals surface area contributed by atoms with E-state index in [4.69, 9.17) is 17.0 Å². The molecule has 1 aliphatic carbocycles. The predicted molar refractivity (Wildman–Crippen MR) is 122 cm³/mol. The molecule has 0 saturated heterocycles. The number of fused-ring (bicyclic) bond motifs is 1. The summed E-state index contributed by atoms with van der Waals surface area (Å²) in [6.45, 7) is 13.7. The molecule has 0 radical (unpaired) electrons. The molecule has 149 valence electrons. The van der Waals surface area contributed by atoms with Crippen molar-refractivity contribution in [2.45, 2.75) is 63.9 Å². The van der Waals surface area contributed by atoms with Crippen molar-refractivity contribution in [3.8, 4) is 11.1 Å². The van der Waals surface area contributed by atoms with E-state index < -0.39 is 19.4 Å². The predicted octanol–water partition coefficient (Wildman–Crippen LogP) is 8.84. The van der Waals surface area contributed by atoms with Gasteiger partial charge in [0.05, 0.1) is 0 Å². The van der Waals surface area contributed by atoms with Gasteiger partial charge >= 0.3 is 187 Å². The Morgan fingerprint density at radius 2 is 1.71 bits per heavy atom. The topological polar surface area (TPSA) is 0 Å². The van der Waals surface area contributed by atoms with E-state index >= 15 is 0 Å². The Morgan fingerprint density at radius 3 is 2.29 bits per heavy atom. The van der Waals surface area contributed by atoms with Crippen LogP contribution in [0.15, 0.2) is 42.0 Å². The standard InChI is InChI=1S/C25H31.2ClH.Zr/c1-7-10-18-13-14-19-15-20(25(4,5)6)16-23(19)24(18)22-12-9-8-11-21(22)17(2)3;;;/h8-9,11-17H,7,10H2,1-6H3;2*1H;/q;;;+2/p-2. The van der Waals surface area contributed by atoms with Gasteiger partial charge in [-0.15, -0.1) is 0 Å². The molecule has 2 aromatic rings. The zero-order chi connectivity index (χ0) is 20.6. The summed E-state index contributed by atoms with van der Waals surface area (Å²) in [5.74, 6) is 0.483. The molecule has 0 nitrogen and oxygen atoms in total. The van der Waals surface area contributed by atoms with Crippen LogP contribution >= 0.6 is 17.0 Å². The van der Waals surface area contributed by atoms with Crippen LogP contribution in [0.5, 0.6) is 0 Å². The molecule has 1 unspecified atom stereocenters. The molecule has 0 saturated carbocycles. The van der Waals surface area contributed by atoms with Crippen LogP contribution in [0.3, 0.4) is 0 Å². The summed E-state index contributed by atoms with van der Waals surface area (Å²) >= 11 is -2.53. The van der Waals surface area contributed by atoms with Gasteiger partial charge in [0.25, 0.3) is 0 Å². The Kier molecular flexibility index (Phi) is 7.01. The first-order chi connectivity index (χ1) is 13.2. The molecule has 3 rings (SSSR count). The summed E-state index contributed by atoms with van der Waals surface area (Å²) in [6.07, 6.45) is 4.66. The van der Waals surface area contributed by atoms with Gasteiger partial charge in [-0.05, 0) is 0 Å². The molecule has 0 heterocycles. The normalized spacial score (nSPS) is 16.3. The van der Waals surface area contributed by atoms with Crippen molar-refractivity contribution < 1.29 is 19.4 Å². The first-order valence-corrected chi connectivity index (χ1v) is 18.1. The van der Waals surface area contributed by atoms with Crippen molar-refractivity contribution >= 4 is 23.1 Å². The number of benzene rings is 2. The van der Waals surface area contributed by atoms with Crippen LogP contribution in [0.25, 0.3) is 17.2 Å². The van der Waals surface area contributed by atoms with Crippen LogP contribution in [0.1, 0.15) is 79.8 Å². The van der Waals surface area contributed by atoms with Gasteiger partial charge in [0.2, 0.25) is 0 Å². The third-order valence-electron chi connectivity index (χ3n) is 5.74. The molecule has 0 aromatic heterocycles. The Balaban J connectivity index is 2.35. The second-order valence-corrected chi connectivity index (χ2v) is 18.0. The van der Waals surface area contributed by atoms with Crippen LogP contribution in [-0.4, -0.2) is 0 Å². The molecule has 0 amide bonds. The third-order valence-corrected chi connectivity index (χ3v) is 10.9. The van der Waals surface area contributed by atoms with E-state index in [1.165, 1.54) is 39.0 Å². The molecule has 2 aromatic carbocycles. The van der Waals surface area contributed by atoms with Crippen molar-refractivity contribution in [2.24, 2.45) is 5.41 Å². The SMILES string of the molecule is CCCc1ccc2c(c1-c1ccccc1C(C)C)C=C(C(C)(C)C)[CH]2[Zr]([Cl])[Cl]. The van der Waals surface area contributed by atoms with Gasteiger partial charge < -0.3 is 0 Å². The van der Waals surface area contributed by atoms with Crippen molar-refractivity contribution in [2.75, 3.05) is 0 Å². The molecular formula is C25H31Cl2Zr. The molecule has 0 bridgehead atoms. The van der Waals surface area contributed by atoms with Crippen molar-refractivity contribution in [3.05, 3.63) is 64.2 Å². The number of halogens is 2. The quantitative estimate of drug-likeness (QED) is 0.390. The van der Waals surface area contributed by atoms with E-state index in [1.807, 2.05) is 0 Å². The second-order valence-electron chi connectivity index (χ2n) is 9.17. The van der Waals surface area contributed by atoms with E-state index in [1.54, 1.807) is 0 Å². The van der Waals surface area contributed by atoms with E-state index in [9.17, 15) is 0 Å². The maximum absolute atomic E-state index is 6.71. The van der Waals surface area contributed by atoms with Crippen LogP contribution < -0.4 is 0 Å². The maximum atomic E-state index is 6.71. The summed E-state index contributed by atoms with van der Waals surface area (Å²) in [6, 6.07) is 13.5. The Morgan fingerprint density at radius 1 is 1.04 bits per heavy atom. The fourth-order valence-electron chi connectivity index (χ4n) is 4.40. The molecular weight excluding hydrogens is 462 g/mol. The van der Waals surface area contributed by atoms with Crippen molar-refractivity contribution in [1.82, 2.24) is 0 Å². The van der Waals surface area contributed by atoms with Gasteiger partial charge in [-0.2, -0.15) is 0 Å². The first kappa shape index (κ1) is 22.3. The molecule has 0 spiro atoms. The number of allylic oxidation sites excluding steroid dienone is 1. The van der Waals surface area contributed by atoms with Gasteiger partial charge in [0.1, 0.15) is 0 Å². The van der Waals surface area contributed by atoms with Crippen LogP contribution in [0, 0.1) is 5.41 Å². The van der Waals surface area contributed by atoms with Gasteiger partial charge in [-0.3, -0.25) is 0 Å². The fourth-order valence-corrected chi connectivity index (χ4v) is 10.2. The van der Waals surface area contributed by atoms with Gasteiger partial charge in [-0.1, -0.05) is 0 Å². The molecule has 0 fully saturated rings. The van der Waals surface area contributed by atoms with E-state index in [0.717, 1.165) is 12.8 Å². The number of aryl methyl sites for hydroxylation is 1. The van der Waals surface area contributed by atoms with E-state index in [-0.39, 0.29) is 9.04 Å². The fraction of sp³-hybridized carbons (Fsp3) is 0.440. The van der Waals surface area contributed by atoms with Crippen LogP contribution in [0.4, 0.5) is 0 Å². The Hall–Kier alpha value is -0.357. The summed E-state index contributed by atoms with van der Waals surface area (Å²) < 4.78 is 0.251. The molecule has 3 heteroatoms. The minimum absolute atomic E-state index is 0.0685. The van der Waals surface area contributed by atoms with E-state index in [0.29, 0.717) is 5.92 Å². The van der Waals surface area contributed by atoms with Gasteiger partial charge in [0.15, 0.2) is 0 Å². The van der Waals surface area contributed by atoms with E-state index in [2.05, 4.69) is 84.0 Å². The number of hydrogen-bond donors (Lipinski definition) is 0. The molecule has 1 atom stereocenters. The zero-order valence-electron chi connectivity index (χ0n) is 17.9. The minimum atomic E-state index is -2.53. The molecule has 0 N–H and O–H groups in total. The number of rotatable bonds is 5. The summed E-state index contributed by atoms with van der Waals surface area (Å²) in [5.41, 5.74) is 9.85. The Labute approximate surface area is 186 Å². The van der Waals surface area contributed by atoms with Crippen LogP contribution in [-0.2, 0) is 25.8 Å². The zero-order valence-corrected chi connectivity index (χ0v) is 21.8. The van der Waals surface area contributed by atoms with Gasteiger partial charge in [-0.25, -0.2) is 0 Å². The molecule has 1 aliphatic rings. The second kappa shape index (κ2) is 8.79. The monoisotopic (exact) mass is 491 g/mol. The van der Waals surface area contributed by atoms with Crippen molar-refractivity contribution in [1.29, 1.82) is 0 Å². The molecule has 0 aliphatic heterocycles. The average molecular weight is 494 g/mol. The summed E-state index contributed by atoms with van der Waals surface area (Å²) in [4.78, 5) is 0. The Bertz CT molecular complexity index is 888. The third kappa shape index (κ3) is 4.23. The summed E-state index contributed by atoms with van der Waals surface area (Å²) in [5, 5.41) is 0. The van der Waals surface area contributed by atoms with Crippen molar-refractivity contribution in [3.63, 3.8) is 0 Å². The van der Waals surface area contributed by atoms with Crippen LogP contribution in [0.2, 0.25) is 0 Å².